The van der Waals surface area contributed by atoms with Gasteiger partial charge in [0, 0.05) is 30.9 Å². The Morgan fingerprint density at radius 3 is 3.05 bits per heavy atom. The van der Waals surface area contributed by atoms with Gasteiger partial charge in [-0.05, 0) is 25.8 Å². The zero-order valence-electron chi connectivity index (χ0n) is 11.3. The van der Waals surface area contributed by atoms with Crippen LogP contribution >= 0.6 is 11.3 Å². The maximum absolute atomic E-state index is 12.5. The zero-order chi connectivity index (χ0) is 13.9. The Kier molecular flexibility index (Phi) is 3.73. The first-order valence-electron chi connectivity index (χ1n) is 6.71. The number of likely N-dealkylation sites (tertiary alicyclic amines) is 1. The molecule has 0 aliphatic carbocycles. The molecule has 20 heavy (non-hydrogen) atoms. The topological polar surface area (TPSA) is 59.0 Å². The number of amides is 1. The molecule has 3 heterocycles. The van der Waals surface area contributed by atoms with Crippen molar-refractivity contribution in [3.05, 3.63) is 40.4 Å². The Morgan fingerprint density at radius 1 is 1.45 bits per heavy atom. The van der Waals surface area contributed by atoms with Gasteiger partial charge in [-0.3, -0.25) is 4.79 Å². The summed E-state index contributed by atoms with van der Waals surface area (Å²) in [5, 5.41) is 0. The molecule has 2 aromatic heterocycles. The van der Waals surface area contributed by atoms with E-state index in [0.717, 1.165) is 42.2 Å². The number of carbonyl (C=O) groups excluding carboxylic acids is 1. The minimum atomic E-state index is 0.101. The zero-order valence-corrected chi connectivity index (χ0v) is 12.1. The van der Waals surface area contributed by atoms with Crippen LogP contribution in [-0.4, -0.2) is 38.8 Å². The summed E-state index contributed by atoms with van der Waals surface area (Å²) in [6.45, 7) is 3.43. The highest BCUT2D eigenvalue weighted by Crippen LogP contribution is 2.27. The van der Waals surface area contributed by atoms with E-state index in [0.29, 0.717) is 5.92 Å². The summed E-state index contributed by atoms with van der Waals surface area (Å²) in [5.74, 6) is 0.410. The second-order valence-corrected chi connectivity index (χ2v) is 5.85. The summed E-state index contributed by atoms with van der Waals surface area (Å²) in [4.78, 5) is 27.6. The number of carbonyl (C=O) groups is 1. The van der Waals surface area contributed by atoms with E-state index in [1.165, 1.54) is 11.3 Å². The molecule has 0 radical (unpaired) electrons. The van der Waals surface area contributed by atoms with E-state index in [-0.39, 0.29) is 5.91 Å². The van der Waals surface area contributed by atoms with E-state index >= 15 is 0 Å². The molecule has 0 bridgehead atoms. The van der Waals surface area contributed by atoms with Crippen LogP contribution in [0.2, 0.25) is 0 Å². The molecule has 3 rings (SSSR count). The van der Waals surface area contributed by atoms with Gasteiger partial charge in [-0.15, -0.1) is 11.3 Å². The minimum absolute atomic E-state index is 0.101. The molecular formula is C14H16N4OS. The smallest absolute Gasteiger partial charge is 0.265 e. The van der Waals surface area contributed by atoms with Crippen LogP contribution < -0.4 is 0 Å². The van der Waals surface area contributed by atoms with Crippen molar-refractivity contribution < 1.29 is 4.79 Å². The lowest BCUT2D eigenvalue weighted by Gasteiger charge is -2.32. The first-order valence-corrected chi connectivity index (χ1v) is 7.59. The van der Waals surface area contributed by atoms with Crippen LogP contribution in [0.3, 0.4) is 0 Å². The van der Waals surface area contributed by atoms with Gasteiger partial charge in [0.2, 0.25) is 0 Å². The highest BCUT2D eigenvalue weighted by molar-refractivity contribution is 7.11. The molecule has 1 saturated heterocycles. The fourth-order valence-corrected chi connectivity index (χ4v) is 3.37. The highest BCUT2D eigenvalue weighted by atomic mass is 32.1. The van der Waals surface area contributed by atoms with Crippen LogP contribution in [0.25, 0.3) is 0 Å². The van der Waals surface area contributed by atoms with Crippen LogP contribution in [0.4, 0.5) is 0 Å². The van der Waals surface area contributed by atoms with Crippen LogP contribution in [0.1, 0.15) is 39.8 Å². The van der Waals surface area contributed by atoms with Crippen LogP contribution in [0.15, 0.2) is 24.1 Å². The Bertz CT molecular complexity index is 598. The van der Waals surface area contributed by atoms with E-state index < -0.39 is 0 Å². The van der Waals surface area contributed by atoms with E-state index in [1.54, 1.807) is 18.0 Å². The molecule has 0 saturated carbocycles. The summed E-state index contributed by atoms with van der Waals surface area (Å²) in [7, 11) is 0. The molecular weight excluding hydrogens is 272 g/mol. The Morgan fingerprint density at radius 2 is 2.35 bits per heavy atom. The van der Waals surface area contributed by atoms with E-state index in [2.05, 4.69) is 15.0 Å². The maximum atomic E-state index is 12.5. The third kappa shape index (κ3) is 2.56. The second kappa shape index (κ2) is 5.66. The minimum Gasteiger partial charge on any atom is -0.337 e. The number of rotatable bonds is 2. The van der Waals surface area contributed by atoms with E-state index in [9.17, 15) is 4.79 Å². The van der Waals surface area contributed by atoms with Crippen molar-refractivity contribution >= 4 is 17.2 Å². The number of aromatic nitrogens is 3. The number of hydrogen-bond donors (Lipinski definition) is 0. The molecule has 0 spiro atoms. The molecule has 0 unspecified atom stereocenters. The summed E-state index contributed by atoms with van der Waals surface area (Å²) in [6.07, 6.45) is 5.42. The van der Waals surface area contributed by atoms with Gasteiger partial charge in [-0.2, -0.15) is 0 Å². The van der Waals surface area contributed by atoms with Crippen LogP contribution in [-0.2, 0) is 0 Å². The van der Waals surface area contributed by atoms with Gasteiger partial charge in [0.1, 0.15) is 11.2 Å². The summed E-state index contributed by atoms with van der Waals surface area (Å²) < 4.78 is 0. The summed E-state index contributed by atoms with van der Waals surface area (Å²) in [5.41, 5.74) is 3.58. The molecule has 1 atom stereocenters. The van der Waals surface area contributed by atoms with Crippen molar-refractivity contribution in [1.82, 2.24) is 19.9 Å². The molecule has 2 aromatic rings. The molecule has 6 heteroatoms. The number of aryl methyl sites for hydroxylation is 1. The van der Waals surface area contributed by atoms with Gasteiger partial charge >= 0.3 is 0 Å². The fourth-order valence-electron chi connectivity index (χ4n) is 2.60. The lowest BCUT2D eigenvalue weighted by atomic mass is 9.94. The van der Waals surface area contributed by atoms with Crippen molar-refractivity contribution in [2.24, 2.45) is 0 Å². The summed E-state index contributed by atoms with van der Waals surface area (Å²) in [6, 6.07) is 1.94. The molecule has 104 valence electrons. The first-order chi connectivity index (χ1) is 9.75. The lowest BCUT2D eigenvalue weighted by molar-refractivity contribution is 0.0710. The lowest BCUT2D eigenvalue weighted by Crippen LogP contribution is -2.39. The second-order valence-electron chi connectivity index (χ2n) is 4.99. The molecule has 1 amide bonds. The average molecular weight is 288 g/mol. The average Bonchev–Trinajstić information content (AvgIpc) is 2.94. The van der Waals surface area contributed by atoms with Crippen molar-refractivity contribution in [2.45, 2.75) is 25.7 Å². The van der Waals surface area contributed by atoms with Crippen LogP contribution in [0, 0.1) is 6.92 Å². The van der Waals surface area contributed by atoms with Gasteiger partial charge in [0.25, 0.3) is 5.91 Å². The van der Waals surface area contributed by atoms with Gasteiger partial charge in [-0.1, -0.05) is 0 Å². The largest absolute Gasteiger partial charge is 0.337 e. The van der Waals surface area contributed by atoms with Crippen molar-refractivity contribution in [3.8, 4) is 0 Å². The van der Waals surface area contributed by atoms with Crippen molar-refractivity contribution in [3.63, 3.8) is 0 Å². The Hall–Kier alpha value is -1.82. The standard InChI is InChI=1S/C14H16N4OS/c1-10-13(20-9-17-10)14(19)18-6-2-3-11(7-18)12-4-5-15-8-16-12/h4-5,8-9,11H,2-3,6-7H2,1H3/t11-/m1/s1. The normalized spacial score (nSPS) is 19.1. The Balaban J connectivity index is 1.76. The fraction of sp³-hybridized carbons (Fsp3) is 0.429. The maximum Gasteiger partial charge on any atom is 0.265 e. The summed E-state index contributed by atoms with van der Waals surface area (Å²) >= 11 is 1.42. The van der Waals surface area contributed by atoms with Gasteiger partial charge in [-0.25, -0.2) is 15.0 Å². The third-order valence-corrected chi connectivity index (χ3v) is 4.59. The number of nitrogens with zero attached hydrogens (tertiary/aromatic N) is 4. The molecule has 1 aliphatic heterocycles. The molecule has 1 fully saturated rings. The SMILES string of the molecule is Cc1ncsc1C(=O)N1CCC[C@@H](c2ccncn2)C1. The number of thiazole rings is 1. The van der Waals surface area contributed by atoms with Crippen molar-refractivity contribution in [2.75, 3.05) is 13.1 Å². The van der Waals surface area contributed by atoms with Gasteiger partial charge in [0.05, 0.1) is 11.2 Å². The molecule has 0 aromatic carbocycles. The molecule has 5 nitrogen and oxygen atoms in total. The molecule has 0 N–H and O–H groups in total. The molecule has 1 aliphatic rings. The highest BCUT2D eigenvalue weighted by Gasteiger charge is 2.27. The van der Waals surface area contributed by atoms with E-state index in [4.69, 9.17) is 0 Å². The predicted octanol–water partition coefficient (Wildman–Crippen LogP) is 2.26. The van der Waals surface area contributed by atoms with Gasteiger partial charge < -0.3 is 4.90 Å². The predicted molar refractivity (Wildman–Crippen MR) is 76.8 cm³/mol. The van der Waals surface area contributed by atoms with Crippen LogP contribution in [0.5, 0.6) is 0 Å². The van der Waals surface area contributed by atoms with Crippen molar-refractivity contribution in [1.29, 1.82) is 0 Å². The number of hydrogen-bond acceptors (Lipinski definition) is 5. The van der Waals surface area contributed by atoms with Gasteiger partial charge in [0.15, 0.2) is 0 Å². The Labute approximate surface area is 121 Å². The first kappa shape index (κ1) is 13.2. The number of piperidine rings is 1. The monoisotopic (exact) mass is 288 g/mol. The third-order valence-electron chi connectivity index (χ3n) is 3.67. The van der Waals surface area contributed by atoms with E-state index in [1.807, 2.05) is 17.9 Å². The quantitative estimate of drug-likeness (QED) is 0.850.